The van der Waals surface area contributed by atoms with Crippen molar-refractivity contribution in [3.8, 4) is 0 Å². The van der Waals surface area contributed by atoms with Crippen molar-refractivity contribution in [1.82, 2.24) is 0 Å². The fraction of sp³-hybridized carbons (Fsp3) is 0.364. The molecule has 0 aromatic heterocycles. The largest absolute Gasteiger partial charge is 0.294 e. The average Bonchev–Trinajstić information content (AvgIpc) is 2.16. The van der Waals surface area contributed by atoms with Gasteiger partial charge in [-0.25, -0.2) is 8.42 Å². The van der Waals surface area contributed by atoms with Crippen LogP contribution >= 0.6 is 22.6 Å². The van der Waals surface area contributed by atoms with E-state index in [4.69, 9.17) is 0 Å². The third-order valence-corrected chi connectivity index (χ3v) is 3.83. The van der Waals surface area contributed by atoms with Gasteiger partial charge in [0.05, 0.1) is 5.75 Å². The standard InChI is InChI=1S/C11H13IO3S/c1-16(14,15)8-2-3-11(13)9-4-6-10(12)7-5-9/h4-7H,2-3,8H2,1H3. The van der Waals surface area contributed by atoms with Gasteiger partial charge in [0, 0.05) is 21.8 Å². The zero-order valence-corrected chi connectivity index (χ0v) is 11.9. The molecule has 0 saturated heterocycles. The number of benzene rings is 1. The van der Waals surface area contributed by atoms with E-state index in [1.54, 1.807) is 12.1 Å². The van der Waals surface area contributed by atoms with Crippen LogP contribution in [0.5, 0.6) is 0 Å². The molecule has 16 heavy (non-hydrogen) atoms. The van der Waals surface area contributed by atoms with Gasteiger partial charge >= 0.3 is 0 Å². The number of ketones is 1. The zero-order valence-electron chi connectivity index (χ0n) is 8.94. The molecule has 0 N–H and O–H groups in total. The molecule has 0 aliphatic rings. The van der Waals surface area contributed by atoms with Gasteiger partial charge in [-0.15, -0.1) is 0 Å². The summed E-state index contributed by atoms with van der Waals surface area (Å²) < 4.78 is 22.8. The van der Waals surface area contributed by atoms with Crippen LogP contribution in [0.3, 0.4) is 0 Å². The molecule has 0 unspecified atom stereocenters. The highest BCUT2D eigenvalue weighted by Gasteiger charge is 2.08. The third kappa shape index (κ3) is 5.07. The van der Waals surface area contributed by atoms with E-state index >= 15 is 0 Å². The van der Waals surface area contributed by atoms with E-state index in [2.05, 4.69) is 22.6 Å². The van der Waals surface area contributed by atoms with Gasteiger partial charge in [0.1, 0.15) is 9.84 Å². The first-order chi connectivity index (χ1) is 7.38. The number of Topliss-reactive ketones (excluding diaryl/α,β-unsaturated/α-hetero) is 1. The molecule has 0 heterocycles. The smallest absolute Gasteiger partial charge is 0.162 e. The summed E-state index contributed by atoms with van der Waals surface area (Å²) in [6.07, 6.45) is 1.86. The van der Waals surface area contributed by atoms with Crippen LogP contribution in [0.2, 0.25) is 0 Å². The van der Waals surface area contributed by atoms with E-state index in [1.807, 2.05) is 12.1 Å². The Bertz CT molecular complexity index is 463. The molecule has 1 aromatic carbocycles. The van der Waals surface area contributed by atoms with Gasteiger partial charge < -0.3 is 0 Å². The highest BCUT2D eigenvalue weighted by molar-refractivity contribution is 14.1. The predicted molar refractivity (Wildman–Crippen MR) is 72.4 cm³/mol. The second kappa shape index (κ2) is 5.77. The van der Waals surface area contributed by atoms with Gasteiger partial charge in [-0.1, -0.05) is 12.1 Å². The molecule has 0 atom stereocenters. The molecule has 0 radical (unpaired) electrons. The van der Waals surface area contributed by atoms with Crippen molar-refractivity contribution >= 4 is 38.2 Å². The van der Waals surface area contributed by atoms with Crippen molar-refractivity contribution in [2.24, 2.45) is 0 Å². The molecule has 3 nitrogen and oxygen atoms in total. The van der Waals surface area contributed by atoms with Crippen molar-refractivity contribution in [1.29, 1.82) is 0 Å². The average molecular weight is 352 g/mol. The summed E-state index contributed by atoms with van der Waals surface area (Å²) in [6, 6.07) is 7.27. The van der Waals surface area contributed by atoms with Gasteiger partial charge in [0.25, 0.3) is 0 Å². The van der Waals surface area contributed by atoms with Crippen LogP contribution in [0.15, 0.2) is 24.3 Å². The maximum atomic E-state index is 11.6. The topological polar surface area (TPSA) is 51.2 Å². The first kappa shape index (κ1) is 13.6. The molecule has 0 aliphatic carbocycles. The highest BCUT2D eigenvalue weighted by atomic mass is 127. The van der Waals surface area contributed by atoms with Gasteiger partial charge in [0.15, 0.2) is 5.78 Å². The van der Waals surface area contributed by atoms with Gasteiger partial charge in [-0.05, 0) is 41.1 Å². The van der Waals surface area contributed by atoms with Crippen LogP contribution in [-0.2, 0) is 9.84 Å². The Balaban J connectivity index is 2.50. The SMILES string of the molecule is CS(=O)(=O)CCCC(=O)c1ccc(I)cc1. The molecule has 0 amide bonds. The van der Waals surface area contributed by atoms with E-state index in [9.17, 15) is 13.2 Å². The number of carbonyl (C=O) groups is 1. The lowest BCUT2D eigenvalue weighted by molar-refractivity contribution is 0.0982. The van der Waals surface area contributed by atoms with Crippen molar-refractivity contribution in [3.05, 3.63) is 33.4 Å². The summed E-state index contributed by atoms with van der Waals surface area (Å²) >= 11 is 2.17. The molecule has 5 heteroatoms. The molecule has 0 fully saturated rings. The summed E-state index contributed by atoms with van der Waals surface area (Å²) in [4.78, 5) is 11.6. The molecule has 0 bridgehead atoms. The van der Waals surface area contributed by atoms with Crippen molar-refractivity contribution in [2.75, 3.05) is 12.0 Å². The fourth-order valence-corrected chi connectivity index (χ4v) is 2.30. The Morgan fingerprint density at radius 2 is 1.81 bits per heavy atom. The number of sulfone groups is 1. The molecule has 1 rings (SSSR count). The zero-order chi connectivity index (χ0) is 12.2. The summed E-state index contributed by atoms with van der Waals surface area (Å²) in [5.41, 5.74) is 0.647. The first-order valence-corrected chi connectivity index (χ1v) is 7.99. The number of carbonyl (C=O) groups excluding carboxylic acids is 1. The van der Waals surface area contributed by atoms with Crippen LogP contribution in [0.1, 0.15) is 23.2 Å². The van der Waals surface area contributed by atoms with E-state index in [1.165, 1.54) is 6.26 Å². The minimum atomic E-state index is -2.96. The second-order valence-electron chi connectivity index (χ2n) is 3.66. The van der Waals surface area contributed by atoms with Crippen LogP contribution in [-0.4, -0.2) is 26.2 Å². The van der Waals surface area contributed by atoms with E-state index in [0.717, 1.165) is 3.57 Å². The highest BCUT2D eigenvalue weighted by Crippen LogP contribution is 2.10. The van der Waals surface area contributed by atoms with Crippen LogP contribution < -0.4 is 0 Å². The fourth-order valence-electron chi connectivity index (χ4n) is 1.28. The minimum Gasteiger partial charge on any atom is -0.294 e. The second-order valence-corrected chi connectivity index (χ2v) is 7.17. The van der Waals surface area contributed by atoms with Gasteiger partial charge in [0.2, 0.25) is 0 Å². The maximum Gasteiger partial charge on any atom is 0.162 e. The Morgan fingerprint density at radius 1 is 1.25 bits per heavy atom. The predicted octanol–water partition coefficient (Wildman–Crippen LogP) is 2.30. The summed E-state index contributed by atoms with van der Waals surface area (Å²) in [7, 11) is -2.96. The number of halogens is 1. The lowest BCUT2D eigenvalue weighted by Gasteiger charge is -2.00. The van der Waals surface area contributed by atoms with Gasteiger partial charge in [-0.2, -0.15) is 0 Å². The normalized spacial score (nSPS) is 11.4. The minimum absolute atomic E-state index is 0.0000463. The third-order valence-electron chi connectivity index (χ3n) is 2.09. The lowest BCUT2D eigenvalue weighted by atomic mass is 10.1. The quantitative estimate of drug-likeness (QED) is 0.604. The summed E-state index contributed by atoms with van der Waals surface area (Å²) in [5.74, 6) is 0.0726. The summed E-state index contributed by atoms with van der Waals surface area (Å²) in [5, 5.41) is 0. The van der Waals surface area contributed by atoms with Gasteiger partial charge in [-0.3, -0.25) is 4.79 Å². The van der Waals surface area contributed by atoms with Crippen molar-refractivity contribution in [2.45, 2.75) is 12.8 Å². The monoisotopic (exact) mass is 352 g/mol. The Kier molecular flexibility index (Phi) is 4.91. The molecule has 0 saturated carbocycles. The number of rotatable bonds is 5. The van der Waals surface area contributed by atoms with Crippen molar-refractivity contribution in [3.63, 3.8) is 0 Å². The molecular weight excluding hydrogens is 339 g/mol. The number of hydrogen-bond acceptors (Lipinski definition) is 3. The molecule has 88 valence electrons. The van der Waals surface area contributed by atoms with Crippen LogP contribution in [0, 0.1) is 3.57 Å². The summed E-state index contributed by atoms with van der Waals surface area (Å²) in [6.45, 7) is 0. The number of hydrogen-bond donors (Lipinski definition) is 0. The first-order valence-electron chi connectivity index (χ1n) is 4.85. The van der Waals surface area contributed by atoms with Crippen LogP contribution in [0.4, 0.5) is 0 Å². The van der Waals surface area contributed by atoms with E-state index in [0.29, 0.717) is 12.0 Å². The molecular formula is C11H13IO3S. The van der Waals surface area contributed by atoms with E-state index < -0.39 is 9.84 Å². The maximum absolute atomic E-state index is 11.6. The van der Waals surface area contributed by atoms with Crippen molar-refractivity contribution < 1.29 is 13.2 Å². The Morgan fingerprint density at radius 3 is 2.31 bits per heavy atom. The van der Waals surface area contributed by atoms with Crippen LogP contribution in [0.25, 0.3) is 0 Å². The van der Waals surface area contributed by atoms with E-state index in [-0.39, 0.29) is 18.0 Å². The Labute approximate surface area is 109 Å². The molecule has 0 spiro atoms. The lowest BCUT2D eigenvalue weighted by Crippen LogP contribution is -2.06. The molecule has 0 aliphatic heterocycles. The molecule has 1 aromatic rings. The Hall–Kier alpha value is -0.430.